The highest BCUT2D eigenvalue weighted by Crippen LogP contribution is 2.15. The Bertz CT molecular complexity index is 587. The van der Waals surface area contributed by atoms with E-state index in [0.717, 1.165) is 21.2 Å². The van der Waals surface area contributed by atoms with Gasteiger partial charge in [0, 0.05) is 16.5 Å². The van der Waals surface area contributed by atoms with E-state index in [9.17, 15) is 4.79 Å². The maximum absolute atomic E-state index is 12.2. The Labute approximate surface area is 116 Å². The van der Waals surface area contributed by atoms with E-state index in [1.165, 1.54) is 5.56 Å². The lowest BCUT2D eigenvalue weighted by atomic mass is 9.99. The molecule has 0 heterocycles. The SMILES string of the molecule is Cc1ccc(C(=O)Cc2cccc(Br)c2)cc1C. The van der Waals surface area contributed by atoms with E-state index in [0.29, 0.717) is 6.42 Å². The molecule has 92 valence electrons. The second-order valence-corrected chi connectivity index (χ2v) is 5.44. The number of carbonyl (C=O) groups is 1. The Kier molecular flexibility index (Phi) is 3.97. The maximum Gasteiger partial charge on any atom is 0.167 e. The average Bonchev–Trinajstić information content (AvgIpc) is 2.32. The van der Waals surface area contributed by atoms with Gasteiger partial charge in [-0.05, 0) is 48.7 Å². The predicted octanol–water partition coefficient (Wildman–Crippen LogP) is 4.49. The van der Waals surface area contributed by atoms with Gasteiger partial charge in [0.05, 0.1) is 0 Å². The van der Waals surface area contributed by atoms with Crippen molar-refractivity contribution in [3.05, 3.63) is 69.2 Å². The first kappa shape index (κ1) is 13.0. The minimum atomic E-state index is 0.163. The van der Waals surface area contributed by atoms with E-state index in [1.54, 1.807) is 0 Å². The number of Topliss-reactive ketones (excluding diaryl/α,β-unsaturated/α-hetero) is 1. The zero-order valence-electron chi connectivity index (χ0n) is 10.5. The van der Waals surface area contributed by atoms with Gasteiger partial charge in [-0.15, -0.1) is 0 Å². The van der Waals surface area contributed by atoms with Gasteiger partial charge in [0.1, 0.15) is 0 Å². The van der Waals surface area contributed by atoms with Crippen LogP contribution in [0.25, 0.3) is 0 Å². The standard InChI is InChI=1S/C16H15BrO/c1-11-6-7-14(8-12(11)2)16(18)10-13-4-3-5-15(17)9-13/h3-9H,10H2,1-2H3. The second kappa shape index (κ2) is 5.49. The Hall–Kier alpha value is -1.41. The van der Waals surface area contributed by atoms with Crippen LogP contribution in [0.1, 0.15) is 27.0 Å². The largest absolute Gasteiger partial charge is 0.294 e. The zero-order valence-corrected chi connectivity index (χ0v) is 12.1. The first-order valence-corrected chi connectivity index (χ1v) is 6.70. The number of ketones is 1. The van der Waals surface area contributed by atoms with Crippen LogP contribution in [0.4, 0.5) is 0 Å². The van der Waals surface area contributed by atoms with Crippen molar-refractivity contribution in [2.75, 3.05) is 0 Å². The predicted molar refractivity (Wildman–Crippen MR) is 78.1 cm³/mol. The van der Waals surface area contributed by atoms with Crippen LogP contribution in [-0.2, 0) is 6.42 Å². The van der Waals surface area contributed by atoms with E-state index < -0.39 is 0 Å². The third-order valence-electron chi connectivity index (χ3n) is 3.08. The van der Waals surface area contributed by atoms with Gasteiger partial charge in [-0.3, -0.25) is 4.79 Å². The van der Waals surface area contributed by atoms with E-state index in [2.05, 4.69) is 22.9 Å². The highest BCUT2D eigenvalue weighted by atomic mass is 79.9. The molecule has 0 saturated heterocycles. The molecule has 1 nitrogen and oxygen atoms in total. The van der Waals surface area contributed by atoms with Gasteiger partial charge in [0.25, 0.3) is 0 Å². The van der Waals surface area contributed by atoms with Crippen molar-refractivity contribution in [1.82, 2.24) is 0 Å². The van der Waals surface area contributed by atoms with Crippen molar-refractivity contribution in [2.24, 2.45) is 0 Å². The molecule has 2 rings (SSSR count). The summed E-state index contributed by atoms with van der Waals surface area (Å²) in [7, 11) is 0. The summed E-state index contributed by atoms with van der Waals surface area (Å²) in [5, 5.41) is 0. The van der Waals surface area contributed by atoms with Crippen molar-refractivity contribution in [3.63, 3.8) is 0 Å². The quantitative estimate of drug-likeness (QED) is 0.763. The Morgan fingerprint density at radius 2 is 1.83 bits per heavy atom. The first-order valence-electron chi connectivity index (χ1n) is 5.91. The van der Waals surface area contributed by atoms with Gasteiger partial charge >= 0.3 is 0 Å². The number of halogens is 1. The number of hydrogen-bond donors (Lipinski definition) is 0. The zero-order chi connectivity index (χ0) is 13.1. The van der Waals surface area contributed by atoms with Gasteiger partial charge < -0.3 is 0 Å². The van der Waals surface area contributed by atoms with Gasteiger partial charge in [-0.1, -0.05) is 40.2 Å². The molecular formula is C16H15BrO. The number of aryl methyl sites for hydroxylation is 2. The molecule has 0 N–H and O–H groups in total. The van der Waals surface area contributed by atoms with Crippen LogP contribution in [0.2, 0.25) is 0 Å². The van der Waals surface area contributed by atoms with Crippen LogP contribution < -0.4 is 0 Å². The van der Waals surface area contributed by atoms with Crippen LogP contribution in [0.15, 0.2) is 46.9 Å². The lowest BCUT2D eigenvalue weighted by Gasteiger charge is -2.05. The molecule has 0 aromatic heterocycles. The van der Waals surface area contributed by atoms with Crippen molar-refractivity contribution in [1.29, 1.82) is 0 Å². The molecule has 0 amide bonds. The van der Waals surface area contributed by atoms with Crippen molar-refractivity contribution in [3.8, 4) is 0 Å². The first-order chi connectivity index (χ1) is 8.56. The van der Waals surface area contributed by atoms with Crippen LogP contribution in [0, 0.1) is 13.8 Å². The fourth-order valence-corrected chi connectivity index (χ4v) is 2.30. The summed E-state index contributed by atoms with van der Waals surface area (Å²) in [6, 6.07) is 13.8. The number of benzene rings is 2. The number of rotatable bonds is 3. The molecular weight excluding hydrogens is 288 g/mol. The van der Waals surface area contributed by atoms with Gasteiger partial charge in [-0.25, -0.2) is 0 Å². The maximum atomic E-state index is 12.2. The van der Waals surface area contributed by atoms with Gasteiger partial charge in [-0.2, -0.15) is 0 Å². The molecule has 0 atom stereocenters. The van der Waals surface area contributed by atoms with Crippen LogP contribution in [-0.4, -0.2) is 5.78 Å². The Balaban J connectivity index is 2.19. The summed E-state index contributed by atoms with van der Waals surface area (Å²) >= 11 is 3.42. The third-order valence-corrected chi connectivity index (χ3v) is 3.58. The van der Waals surface area contributed by atoms with Crippen LogP contribution in [0.5, 0.6) is 0 Å². The molecule has 0 fully saturated rings. The summed E-state index contributed by atoms with van der Waals surface area (Å²) in [5.74, 6) is 0.163. The Morgan fingerprint density at radius 1 is 1.06 bits per heavy atom. The fraction of sp³-hybridized carbons (Fsp3) is 0.188. The molecule has 0 aliphatic heterocycles. The highest BCUT2D eigenvalue weighted by molar-refractivity contribution is 9.10. The fourth-order valence-electron chi connectivity index (χ4n) is 1.85. The van der Waals surface area contributed by atoms with Crippen LogP contribution in [0.3, 0.4) is 0 Å². The summed E-state index contributed by atoms with van der Waals surface area (Å²) in [6.07, 6.45) is 0.446. The van der Waals surface area contributed by atoms with E-state index in [1.807, 2.05) is 49.4 Å². The Morgan fingerprint density at radius 3 is 2.50 bits per heavy atom. The molecule has 2 aromatic rings. The number of carbonyl (C=O) groups excluding carboxylic acids is 1. The lowest BCUT2D eigenvalue weighted by molar-refractivity contribution is 0.0993. The average molecular weight is 303 g/mol. The highest BCUT2D eigenvalue weighted by Gasteiger charge is 2.08. The smallest absolute Gasteiger partial charge is 0.167 e. The summed E-state index contributed by atoms with van der Waals surface area (Å²) < 4.78 is 1.01. The number of hydrogen-bond acceptors (Lipinski definition) is 1. The molecule has 0 bridgehead atoms. The van der Waals surface area contributed by atoms with Crippen LogP contribution >= 0.6 is 15.9 Å². The van der Waals surface area contributed by atoms with Gasteiger partial charge in [0.2, 0.25) is 0 Å². The summed E-state index contributed by atoms with van der Waals surface area (Å²) in [4.78, 5) is 12.2. The summed E-state index contributed by atoms with van der Waals surface area (Å²) in [5.41, 5.74) is 4.20. The van der Waals surface area contributed by atoms with E-state index in [4.69, 9.17) is 0 Å². The normalized spacial score (nSPS) is 10.4. The topological polar surface area (TPSA) is 17.1 Å². The minimum absolute atomic E-state index is 0.163. The molecule has 0 radical (unpaired) electrons. The molecule has 2 heteroatoms. The second-order valence-electron chi connectivity index (χ2n) is 4.53. The lowest BCUT2D eigenvalue weighted by Crippen LogP contribution is -2.04. The molecule has 0 spiro atoms. The molecule has 2 aromatic carbocycles. The third kappa shape index (κ3) is 3.08. The van der Waals surface area contributed by atoms with E-state index in [-0.39, 0.29) is 5.78 Å². The van der Waals surface area contributed by atoms with E-state index >= 15 is 0 Å². The minimum Gasteiger partial charge on any atom is -0.294 e. The summed E-state index contributed by atoms with van der Waals surface area (Å²) in [6.45, 7) is 4.09. The van der Waals surface area contributed by atoms with Crippen molar-refractivity contribution in [2.45, 2.75) is 20.3 Å². The molecule has 18 heavy (non-hydrogen) atoms. The van der Waals surface area contributed by atoms with Crippen molar-refractivity contribution >= 4 is 21.7 Å². The van der Waals surface area contributed by atoms with Gasteiger partial charge in [0.15, 0.2) is 5.78 Å². The molecule has 0 aliphatic rings. The monoisotopic (exact) mass is 302 g/mol. The molecule has 0 unspecified atom stereocenters. The molecule has 0 saturated carbocycles. The molecule has 0 aliphatic carbocycles. The van der Waals surface area contributed by atoms with Crippen molar-refractivity contribution < 1.29 is 4.79 Å².